The SMILES string of the molecule is O=S1(=O)CCC(Nc2ccc(Br)cc2Br)c2ccccc21. The lowest BCUT2D eigenvalue weighted by Gasteiger charge is -2.27. The van der Waals surface area contributed by atoms with Crippen LogP contribution in [0.15, 0.2) is 56.3 Å². The molecule has 0 saturated heterocycles. The first-order chi connectivity index (χ1) is 9.97. The Balaban J connectivity index is 1.97. The summed E-state index contributed by atoms with van der Waals surface area (Å²) in [7, 11) is -3.14. The molecule has 0 saturated carbocycles. The fraction of sp³-hybridized carbons (Fsp3) is 0.200. The van der Waals surface area contributed by atoms with Gasteiger partial charge in [0.2, 0.25) is 0 Å². The van der Waals surface area contributed by atoms with Crippen LogP contribution in [0.3, 0.4) is 0 Å². The summed E-state index contributed by atoms with van der Waals surface area (Å²) in [6.07, 6.45) is 0.571. The third-order valence-electron chi connectivity index (χ3n) is 3.57. The second-order valence-electron chi connectivity index (χ2n) is 4.97. The molecule has 0 bridgehead atoms. The van der Waals surface area contributed by atoms with Gasteiger partial charge in [-0.2, -0.15) is 0 Å². The van der Waals surface area contributed by atoms with Crippen molar-refractivity contribution in [2.45, 2.75) is 17.4 Å². The zero-order chi connectivity index (χ0) is 15.0. The number of sulfone groups is 1. The largest absolute Gasteiger partial charge is 0.377 e. The van der Waals surface area contributed by atoms with E-state index in [9.17, 15) is 8.42 Å². The van der Waals surface area contributed by atoms with Crippen molar-refractivity contribution in [3.63, 3.8) is 0 Å². The Morgan fingerprint density at radius 2 is 1.86 bits per heavy atom. The highest BCUT2D eigenvalue weighted by atomic mass is 79.9. The smallest absolute Gasteiger partial charge is 0.178 e. The minimum Gasteiger partial charge on any atom is -0.377 e. The van der Waals surface area contributed by atoms with Crippen molar-refractivity contribution in [2.24, 2.45) is 0 Å². The highest BCUT2D eigenvalue weighted by Crippen LogP contribution is 2.36. The van der Waals surface area contributed by atoms with E-state index in [2.05, 4.69) is 37.2 Å². The standard InChI is InChI=1S/C15H13Br2NO2S/c16-10-5-6-14(12(17)9-10)18-13-7-8-21(19,20)15-4-2-1-3-11(13)15/h1-6,9,13,18H,7-8H2. The number of halogens is 2. The number of benzene rings is 2. The molecular weight excluding hydrogens is 418 g/mol. The van der Waals surface area contributed by atoms with Gasteiger partial charge in [0, 0.05) is 14.6 Å². The molecule has 1 atom stereocenters. The van der Waals surface area contributed by atoms with Gasteiger partial charge in [-0.3, -0.25) is 0 Å². The van der Waals surface area contributed by atoms with E-state index < -0.39 is 9.84 Å². The van der Waals surface area contributed by atoms with E-state index in [4.69, 9.17) is 0 Å². The summed E-state index contributed by atoms with van der Waals surface area (Å²) < 4.78 is 26.2. The fourth-order valence-corrected chi connectivity index (χ4v) is 5.32. The minimum atomic E-state index is -3.14. The first-order valence-electron chi connectivity index (χ1n) is 6.51. The maximum atomic E-state index is 12.1. The molecule has 2 aromatic carbocycles. The molecule has 110 valence electrons. The lowest BCUT2D eigenvalue weighted by molar-refractivity contribution is 0.576. The molecule has 1 aliphatic rings. The van der Waals surface area contributed by atoms with E-state index in [1.807, 2.05) is 30.3 Å². The van der Waals surface area contributed by atoms with Crippen LogP contribution in [0.1, 0.15) is 18.0 Å². The molecule has 0 fully saturated rings. The number of fused-ring (bicyclic) bond motifs is 1. The fourth-order valence-electron chi connectivity index (χ4n) is 2.53. The van der Waals surface area contributed by atoms with E-state index in [0.29, 0.717) is 11.3 Å². The van der Waals surface area contributed by atoms with Gasteiger partial charge in [-0.25, -0.2) is 8.42 Å². The topological polar surface area (TPSA) is 46.2 Å². The van der Waals surface area contributed by atoms with Gasteiger partial charge in [0.25, 0.3) is 0 Å². The van der Waals surface area contributed by atoms with Gasteiger partial charge in [0.15, 0.2) is 9.84 Å². The molecule has 1 heterocycles. The van der Waals surface area contributed by atoms with Crippen LogP contribution in [0.5, 0.6) is 0 Å². The molecule has 0 aromatic heterocycles. The number of nitrogens with one attached hydrogen (secondary N) is 1. The van der Waals surface area contributed by atoms with Gasteiger partial charge in [-0.1, -0.05) is 34.1 Å². The van der Waals surface area contributed by atoms with E-state index in [1.54, 1.807) is 12.1 Å². The Kier molecular flexibility index (Phi) is 4.12. The molecule has 2 aromatic rings. The molecule has 1 aliphatic heterocycles. The summed E-state index contributed by atoms with van der Waals surface area (Å²) in [5, 5.41) is 3.44. The third kappa shape index (κ3) is 3.03. The normalized spacial score (nSPS) is 19.8. The highest BCUT2D eigenvalue weighted by Gasteiger charge is 2.30. The maximum absolute atomic E-state index is 12.1. The number of anilines is 1. The molecule has 1 unspecified atom stereocenters. The van der Waals surface area contributed by atoms with Crippen molar-refractivity contribution in [3.05, 3.63) is 57.0 Å². The predicted octanol–water partition coefficient (Wildman–Crippen LogP) is 4.54. The summed E-state index contributed by atoms with van der Waals surface area (Å²) in [5.41, 5.74) is 1.80. The average Bonchev–Trinajstić information content (AvgIpc) is 2.45. The van der Waals surface area contributed by atoms with Crippen LogP contribution >= 0.6 is 31.9 Å². The number of hydrogen-bond acceptors (Lipinski definition) is 3. The van der Waals surface area contributed by atoms with Crippen molar-refractivity contribution in [1.29, 1.82) is 0 Å². The predicted molar refractivity (Wildman–Crippen MR) is 91.3 cm³/mol. The van der Waals surface area contributed by atoms with Crippen LogP contribution in [0.4, 0.5) is 5.69 Å². The van der Waals surface area contributed by atoms with Crippen molar-refractivity contribution in [2.75, 3.05) is 11.1 Å². The van der Waals surface area contributed by atoms with Crippen molar-refractivity contribution in [1.82, 2.24) is 0 Å². The van der Waals surface area contributed by atoms with Gasteiger partial charge >= 0.3 is 0 Å². The Morgan fingerprint density at radius 1 is 1.10 bits per heavy atom. The van der Waals surface area contributed by atoms with Crippen molar-refractivity contribution >= 4 is 47.4 Å². The minimum absolute atomic E-state index is 0.00204. The summed E-state index contributed by atoms with van der Waals surface area (Å²) >= 11 is 6.95. The lowest BCUT2D eigenvalue weighted by Crippen LogP contribution is -2.24. The molecule has 3 rings (SSSR count). The Labute approximate surface area is 140 Å². The van der Waals surface area contributed by atoms with Crippen LogP contribution in [0.2, 0.25) is 0 Å². The second kappa shape index (κ2) is 5.74. The lowest BCUT2D eigenvalue weighted by atomic mass is 10.0. The second-order valence-corrected chi connectivity index (χ2v) is 8.81. The average molecular weight is 431 g/mol. The van der Waals surface area contributed by atoms with Crippen molar-refractivity contribution < 1.29 is 8.42 Å². The Bertz CT molecular complexity index is 790. The van der Waals surface area contributed by atoms with E-state index in [-0.39, 0.29) is 11.8 Å². The first-order valence-corrected chi connectivity index (χ1v) is 9.74. The zero-order valence-corrected chi connectivity index (χ0v) is 15.0. The summed E-state index contributed by atoms with van der Waals surface area (Å²) in [5.74, 6) is 0.176. The molecule has 21 heavy (non-hydrogen) atoms. The van der Waals surface area contributed by atoms with Crippen LogP contribution in [0, 0.1) is 0 Å². The van der Waals surface area contributed by atoms with Crippen LogP contribution in [0.25, 0.3) is 0 Å². The van der Waals surface area contributed by atoms with Gasteiger partial charge in [-0.15, -0.1) is 0 Å². The number of hydrogen-bond donors (Lipinski definition) is 1. The summed E-state index contributed by atoms with van der Waals surface area (Å²) in [6.45, 7) is 0. The first kappa shape index (κ1) is 15.1. The molecule has 0 spiro atoms. The van der Waals surface area contributed by atoms with Gasteiger partial charge in [0.05, 0.1) is 16.7 Å². The highest BCUT2D eigenvalue weighted by molar-refractivity contribution is 9.11. The zero-order valence-electron chi connectivity index (χ0n) is 11.0. The van der Waals surface area contributed by atoms with Gasteiger partial charge < -0.3 is 5.32 Å². The molecule has 6 heteroatoms. The molecule has 0 aliphatic carbocycles. The Hall–Kier alpha value is -0.850. The quantitative estimate of drug-likeness (QED) is 0.760. The van der Waals surface area contributed by atoms with Crippen LogP contribution in [-0.2, 0) is 9.84 Å². The molecule has 1 N–H and O–H groups in total. The van der Waals surface area contributed by atoms with Crippen LogP contribution < -0.4 is 5.32 Å². The number of rotatable bonds is 2. The summed E-state index contributed by atoms with van der Waals surface area (Å²) in [4.78, 5) is 0.446. The van der Waals surface area contributed by atoms with Gasteiger partial charge in [-0.05, 0) is 52.2 Å². The van der Waals surface area contributed by atoms with Gasteiger partial charge in [0.1, 0.15) is 0 Å². The molecule has 0 amide bonds. The third-order valence-corrected chi connectivity index (χ3v) is 6.53. The molecular formula is C15H13Br2NO2S. The van der Waals surface area contributed by atoms with Crippen LogP contribution in [-0.4, -0.2) is 14.2 Å². The molecule has 0 radical (unpaired) electrons. The summed E-state index contributed by atoms with van der Waals surface area (Å²) in [6, 6.07) is 13.1. The molecule has 3 nitrogen and oxygen atoms in total. The maximum Gasteiger partial charge on any atom is 0.178 e. The van der Waals surface area contributed by atoms with E-state index >= 15 is 0 Å². The Morgan fingerprint density at radius 3 is 2.62 bits per heavy atom. The van der Waals surface area contributed by atoms with Crippen molar-refractivity contribution in [3.8, 4) is 0 Å². The monoisotopic (exact) mass is 429 g/mol. The van der Waals surface area contributed by atoms with E-state index in [0.717, 1.165) is 20.2 Å². The van der Waals surface area contributed by atoms with E-state index in [1.165, 1.54) is 0 Å².